The van der Waals surface area contributed by atoms with Crippen LogP contribution in [-0.4, -0.2) is 29.6 Å². The molecular formula is C17H32N2O. The fourth-order valence-corrected chi connectivity index (χ4v) is 3.77. The van der Waals surface area contributed by atoms with E-state index in [4.69, 9.17) is 0 Å². The topological polar surface area (TPSA) is 32.3 Å². The monoisotopic (exact) mass is 280 g/mol. The molecule has 2 aliphatic rings. The first-order valence-corrected chi connectivity index (χ1v) is 8.68. The van der Waals surface area contributed by atoms with Crippen molar-refractivity contribution in [3.05, 3.63) is 0 Å². The number of hydrogen-bond acceptors (Lipinski definition) is 2. The maximum atomic E-state index is 12.6. The van der Waals surface area contributed by atoms with Gasteiger partial charge in [0.05, 0.1) is 12.2 Å². The molecule has 1 N–H and O–H groups in total. The molecule has 3 heteroatoms. The Balaban J connectivity index is 1.91. The van der Waals surface area contributed by atoms with Gasteiger partial charge in [0.15, 0.2) is 0 Å². The first kappa shape index (κ1) is 15.8. The summed E-state index contributed by atoms with van der Waals surface area (Å²) >= 11 is 0. The highest BCUT2D eigenvalue weighted by Crippen LogP contribution is 2.29. The summed E-state index contributed by atoms with van der Waals surface area (Å²) in [5.41, 5.74) is 0. The number of carbonyl (C=O) groups excluding carboxylic acids is 1. The van der Waals surface area contributed by atoms with Gasteiger partial charge in [-0.25, -0.2) is 0 Å². The number of amides is 1. The number of hydrogen-bond donors (Lipinski definition) is 1. The molecule has 0 aromatic rings. The van der Waals surface area contributed by atoms with Gasteiger partial charge in [0.2, 0.25) is 5.91 Å². The molecule has 20 heavy (non-hydrogen) atoms. The molecule has 0 bridgehead atoms. The summed E-state index contributed by atoms with van der Waals surface area (Å²) in [4.78, 5) is 14.7. The van der Waals surface area contributed by atoms with Crippen LogP contribution in [0, 0.1) is 11.8 Å². The summed E-state index contributed by atoms with van der Waals surface area (Å²) in [5, 5.41) is 3.57. The molecule has 0 spiro atoms. The van der Waals surface area contributed by atoms with E-state index in [-0.39, 0.29) is 12.2 Å². The number of rotatable bonds is 7. The smallest absolute Gasteiger partial charge is 0.241 e. The van der Waals surface area contributed by atoms with Gasteiger partial charge in [-0.2, -0.15) is 0 Å². The highest BCUT2D eigenvalue weighted by Gasteiger charge is 2.38. The van der Waals surface area contributed by atoms with Crippen LogP contribution in [-0.2, 0) is 4.79 Å². The quantitative estimate of drug-likeness (QED) is 0.773. The second kappa shape index (κ2) is 7.44. The van der Waals surface area contributed by atoms with Crippen molar-refractivity contribution in [1.29, 1.82) is 0 Å². The van der Waals surface area contributed by atoms with E-state index < -0.39 is 0 Å². The molecule has 2 fully saturated rings. The normalized spacial score (nSPS) is 28.0. The van der Waals surface area contributed by atoms with Crippen LogP contribution in [0.3, 0.4) is 0 Å². The lowest BCUT2D eigenvalue weighted by atomic mass is 10.0. The SMILES string of the molecule is CCCC1NC(CC(C)C)N(CCC2CCCC2)C1=O. The van der Waals surface area contributed by atoms with Crippen LogP contribution < -0.4 is 5.32 Å². The van der Waals surface area contributed by atoms with E-state index in [0.29, 0.717) is 11.8 Å². The third-order valence-electron chi connectivity index (χ3n) is 4.88. The van der Waals surface area contributed by atoms with Gasteiger partial charge < -0.3 is 4.90 Å². The van der Waals surface area contributed by atoms with Crippen molar-refractivity contribution in [1.82, 2.24) is 10.2 Å². The lowest BCUT2D eigenvalue weighted by Crippen LogP contribution is -2.39. The molecule has 2 rings (SSSR count). The summed E-state index contributed by atoms with van der Waals surface area (Å²) in [6.07, 6.45) is 10.2. The molecule has 1 saturated heterocycles. The summed E-state index contributed by atoms with van der Waals surface area (Å²) < 4.78 is 0. The maximum absolute atomic E-state index is 12.6. The molecule has 1 aliphatic carbocycles. The molecule has 116 valence electrons. The summed E-state index contributed by atoms with van der Waals surface area (Å²) in [5.74, 6) is 1.86. The van der Waals surface area contributed by atoms with Gasteiger partial charge in [0.1, 0.15) is 0 Å². The Labute approximate surface area is 124 Å². The predicted octanol–water partition coefficient (Wildman–Crippen LogP) is 3.54. The molecule has 2 unspecified atom stereocenters. The van der Waals surface area contributed by atoms with Gasteiger partial charge in [-0.1, -0.05) is 52.9 Å². The average molecular weight is 280 g/mol. The third-order valence-corrected chi connectivity index (χ3v) is 4.88. The van der Waals surface area contributed by atoms with Crippen LogP contribution in [0.5, 0.6) is 0 Å². The van der Waals surface area contributed by atoms with E-state index in [1.807, 2.05) is 0 Å². The molecule has 1 aliphatic heterocycles. The van der Waals surface area contributed by atoms with Gasteiger partial charge in [-0.15, -0.1) is 0 Å². The van der Waals surface area contributed by atoms with Crippen LogP contribution in [0.15, 0.2) is 0 Å². The minimum Gasteiger partial charge on any atom is -0.326 e. The van der Waals surface area contributed by atoms with Crippen molar-refractivity contribution >= 4 is 5.91 Å². The zero-order valence-corrected chi connectivity index (χ0v) is 13.5. The van der Waals surface area contributed by atoms with Gasteiger partial charge in [-0.3, -0.25) is 10.1 Å². The van der Waals surface area contributed by atoms with Crippen LogP contribution in [0.4, 0.5) is 0 Å². The van der Waals surface area contributed by atoms with Crippen molar-refractivity contribution in [3.8, 4) is 0 Å². The van der Waals surface area contributed by atoms with E-state index in [1.165, 1.54) is 32.1 Å². The van der Waals surface area contributed by atoms with Crippen molar-refractivity contribution in [2.45, 2.75) is 84.3 Å². The Kier molecular flexibility index (Phi) is 5.88. The largest absolute Gasteiger partial charge is 0.326 e. The maximum Gasteiger partial charge on any atom is 0.241 e. The molecule has 1 heterocycles. The van der Waals surface area contributed by atoms with Crippen molar-refractivity contribution in [3.63, 3.8) is 0 Å². The summed E-state index contributed by atoms with van der Waals surface area (Å²) in [6.45, 7) is 7.62. The number of carbonyl (C=O) groups is 1. The Morgan fingerprint density at radius 2 is 1.95 bits per heavy atom. The molecular weight excluding hydrogens is 248 g/mol. The highest BCUT2D eigenvalue weighted by atomic mass is 16.2. The Morgan fingerprint density at radius 1 is 1.25 bits per heavy atom. The van der Waals surface area contributed by atoms with Crippen LogP contribution in [0.1, 0.15) is 72.1 Å². The fraction of sp³-hybridized carbons (Fsp3) is 0.941. The molecule has 0 radical (unpaired) electrons. The predicted molar refractivity (Wildman–Crippen MR) is 83.4 cm³/mol. The number of nitrogens with zero attached hydrogens (tertiary/aromatic N) is 1. The first-order chi connectivity index (χ1) is 9.61. The second-order valence-electron chi connectivity index (χ2n) is 7.12. The molecule has 1 amide bonds. The van der Waals surface area contributed by atoms with E-state index in [0.717, 1.165) is 31.7 Å². The second-order valence-corrected chi connectivity index (χ2v) is 7.12. The zero-order chi connectivity index (χ0) is 14.5. The lowest BCUT2D eigenvalue weighted by molar-refractivity contribution is -0.130. The van der Waals surface area contributed by atoms with Crippen molar-refractivity contribution in [2.75, 3.05) is 6.54 Å². The minimum absolute atomic E-state index is 0.0762. The molecule has 1 saturated carbocycles. The molecule has 2 atom stereocenters. The molecule has 0 aromatic carbocycles. The van der Waals surface area contributed by atoms with E-state index >= 15 is 0 Å². The Hall–Kier alpha value is -0.570. The standard InChI is InChI=1S/C17H32N2O/c1-4-7-15-17(20)19(16(18-15)12-13(2)3)11-10-14-8-5-6-9-14/h13-16,18H,4-12H2,1-3H3. The van der Waals surface area contributed by atoms with Gasteiger partial charge in [-0.05, 0) is 31.1 Å². The molecule has 3 nitrogen and oxygen atoms in total. The number of nitrogens with one attached hydrogen (secondary N) is 1. The van der Waals surface area contributed by atoms with E-state index in [9.17, 15) is 4.79 Å². The fourth-order valence-electron chi connectivity index (χ4n) is 3.77. The van der Waals surface area contributed by atoms with Crippen molar-refractivity contribution in [2.24, 2.45) is 11.8 Å². The lowest BCUT2D eigenvalue weighted by Gasteiger charge is -2.26. The summed E-state index contributed by atoms with van der Waals surface area (Å²) in [6, 6.07) is 0.0762. The third kappa shape index (κ3) is 3.97. The minimum atomic E-state index is 0.0762. The highest BCUT2D eigenvalue weighted by molar-refractivity contribution is 5.84. The summed E-state index contributed by atoms with van der Waals surface area (Å²) in [7, 11) is 0. The van der Waals surface area contributed by atoms with Crippen LogP contribution >= 0.6 is 0 Å². The van der Waals surface area contributed by atoms with E-state index in [2.05, 4.69) is 31.0 Å². The molecule has 0 aromatic heterocycles. The van der Waals surface area contributed by atoms with Crippen LogP contribution in [0.25, 0.3) is 0 Å². The van der Waals surface area contributed by atoms with Gasteiger partial charge >= 0.3 is 0 Å². The Morgan fingerprint density at radius 3 is 2.55 bits per heavy atom. The van der Waals surface area contributed by atoms with Gasteiger partial charge in [0.25, 0.3) is 0 Å². The van der Waals surface area contributed by atoms with Gasteiger partial charge in [0, 0.05) is 6.54 Å². The Bertz CT molecular complexity index is 310. The first-order valence-electron chi connectivity index (χ1n) is 8.68. The average Bonchev–Trinajstić information content (AvgIpc) is 2.98. The zero-order valence-electron chi connectivity index (χ0n) is 13.5. The van der Waals surface area contributed by atoms with Crippen LogP contribution in [0.2, 0.25) is 0 Å². The van der Waals surface area contributed by atoms with E-state index in [1.54, 1.807) is 0 Å². The van der Waals surface area contributed by atoms with Crippen molar-refractivity contribution < 1.29 is 4.79 Å².